The number of aryl methyl sites for hydroxylation is 1. The molecule has 11 nitrogen and oxygen atoms in total. The van der Waals surface area contributed by atoms with Crippen molar-refractivity contribution in [3.8, 4) is 16.9 Å². The first-order valence-corrected chi connectivity index (χ1v) is 17.9. The van der Waals surface area contributed by atoms with Crippen molar-refractivity contribution in [3.05, 3.63) is 89.0 Å². The van der Waals surface area contributed by atoms with E-state index in [4.69, 9.17) is 19.2 Å². The Morgan fingerprint density at radius 1 is 1.13 bits per heavy atom. The van der Waals surface area contributed by atoms with Crippen LogP contribution in [0.25, 0.3) is 27.7 Å². The Morgan fingerprint density at radius 3 is 2.64 bits per heavy atom. The summed E-state index contributed by atoms with van der Waals surface area (Å²) in [6, 6.07) is 9.53. The maximum atomic E-state index is 15.4. The number of nitrogens with one attached hydrogen (secondary N) is 2. The van der Waals surface area contributed by atoms with Crippen LogP contribution in [0.1, 0.15) is 40.3 Å². The number of likely N-dealkylation sites (N-methyl/N-ethyl adjacent to an activating group) is 1. The summed E-state index contributed by atoms with van der Waals surface area (Å²) in [6.45, 7) is 5.17. The van der Waals surface area contributed by atoms with E-state index in [0.717, 1.165) is 96.0 Å². The summed E-state index contributed by atoms with van der Waals surface area (Å²) < 4.78 is 51.7. The lowest BCUT2D eigenvalue weighted by atomic mass is 9.75. The molecular formula is C40H43F2N6O5+. The number of aromatic nitrogens is 3. The molecule has 3 aliphatic rings. The highest BCUT2D eigenvalue weighted by molar-refractivity contribution is 6.11. The fourth-order valence-electron chi connectivity index (χ4n) is 8.50. The number of carbonyl (C=O) groups is 2. The number of ketones is 1. The van der Waals surface area contributed by atoms with Crippen LogP contribution in [0.2, 0.25) is 0 Å². The SMILES string of the molecule is COCc1nc2c3c(c(OC)cc2n1C)-c1cccn2c(C(=O)c4cc(F)c(NC(=O)/C=C/C[NH+]5CC6(CCCOC6)C5)c(F)c4)cc(c12)CCN3C. The zero-order valence-electron chi connectivity index (χ0n) is 30.4. The summed E-state index contributed by atoms with van der Waals surface area (Å²) in [7, 11) is 7.22. The van der Waals surface area contributed by atoms with Crippen LogP contribution in [-0.2, 0) is 34.3 Å². The predicted molar refractivity (Wildman–Crippen MR) is 197 cm³/mol. The highest BCUT2D eigenvalue weighted by Gasteiger charge is 2.48. The Kier molecular flexibility index (Phi) is 9.04. The number of benzene rings is 2. The Balaban J connectivity index is 1.08. The number of imidazole rings is 1. The van der Waals surface area contributed by atoms with Gasteiger partial charge in [-0.15, -0.1) is 0 Å². The van der Waals surface area contributed by atoms with Crippen LogP contribution >= 0.6 is 0 Å². The number of likely N-dealkylation sites (tertiary alicyclic amines) is 1. The van der Waals surface area contributed by atoms with E-state index in [9.17, 15) is 9.59 Å². The summed E-state index contributed by atoms with van der Waals surface area (Å²) in [6.07, 6.45) is 7.63. The van der Waals surface area contributed by atoms with Gasteiger partial charge in [-0.25, -0.2) is 13.8 Å². The molecule has 2 fully saturated rings. The quantitative estimate of drug-likeness (QED) is 0.172. The van der Waals surface area contributed by atoms with E-state index in [2.05, 4.69) is 10.2 Å². The number of amides is 1. The van der Waals surface area contributed by atoms with Gasteiger partial charge in [0.05, 0.1) is 66.7 Å². The molecule has 1 amide bonds. The molecule has 3 aromatic heterocycles. The highest BCUT2D eigenvalue weighted by atomic mass is 19.1. The normalized spacial score (nSPS) is 19.7. The van der Waals surface area contributed by atoms with E-state index >= 15 is 8.78 Å². The van der Waals surface area contributed by atoms with Crippen molar-refractivity contribution in [2.45, 2.75) is 25.9 Å². The molecule has 3 aliphatic heterocycles. The zero-order valence-corrected chi connectivity index (χ0v) is 30.4. The van der Waals surface area contributed by atoms with Crippen molar-refractivity contribution in [1.29, 1.82) is 0 Å². The molecule has 6 heterocycles. The van der Waals surface area contributed by atoms with Gasteiger partial charge in [0.15, 0.2) is 0 Å². The van der Waals surface area contributed by atoms with Gasteiger partial charge in [-0.2, -0.15) is 0 Å². The summed E-state index contributed by atoms with van der Waals surface area (Å²) in [5.74, 6) is -1.85. The molecule has 0 radical (unpaired) electrons. The van der Waals surface area contributed by atoms with Crippen molar-refractivity contribution in [2.75, 3.05) is 70.9 Å². The molecule has 2 saturated heterocycles. The molecule has 2 aromatic carbocycles. The first kappa shape index (κ1) is 34.9. The van der Waals surface area contributed by atoms with Gasteiger partial charge in [-0.05, 0) is 55.2 Å². The van der Waals surface area contributed by atoms with Crippen LogP contribution in [0, 0.1) is 17.0 Å². The molecular weight excluding hydrogens is 682 g/mol. The van der Waals surface area contributed by atoms with Crippen LogP contribution in [0.15, 0.2) is 54.7 Å². The predicted octanol–water partition coefficient (Wildman–Crippen LogP) is 4.34. The molecule has 5 aromatic rings. The number of quaternary nitrogens is 1. The summed E-state index contributed by atoms with van der Waals surface area (Å²) in [4.78, 5) is 35.2. The first-order valence-electron chi connectivity index (χ1n) is 17.9. The fourth-order valence-corrected chi connectivity index (χ4v) is 8.50. The minimum absolute atomic E-state index is 0.169. The Labute approximate surface area is 305 Å². The number of ether oxygens (including phenoxy) is 3. The molecule has 2 N–H and O–H groups in total. The molecule has 0 saturated carbocycles. The molecule has 276 valence electrons. The van der Waals surface area contributed by atoms with Crippen molar-refractivity contribution in [3.63, 3.8) is 0 Å². The van der Waals surface area contributed by atoms with Crippen molar-refractivity contribution in [2.24, 2.45) is 12.5 Å². The average molecular weight is 726 g/mol. The van der Waals surface area contributed by atoms with E-state index in [1.807, 2.05) is 36.9 Å². The average Bonchev–Trinajstić information content (AvgIpc) is 3.66. The molecule has 0 aliphatic carbocycles. The standard InChI is InChI=1S/C40H42F2N6O5/c1-45-14-10-24-18-30(48-13-5-8-26(37(24)48)34-31(52-4)19-29-36(38(34)45)43-32(20-51-3)46(29)2)39(50)25-16-27(41)35(28(42)17-25)44-33(49)9-6-12-47-21-40(22-47)11-7-15-53-23-40/h5-6,8-9,13,16-19H,7,10-12,14-15,20-23H2,1-4H3,(H,44,49)/p+1/b9-6+. The molecule has 0 bridgehead atoms. The second kappa shape index (κ2) is 13.7. The number of rotatable bonds is 9. The molecule has 53 heavy (non-hydrogen) atoms. The number of hydrogen-bond donors (Lipinski definition) is 2. The van der Waals surface area contributed by atoms with Crippen LogP contribution in [0.3, 0.4) is 0 Å². The summed E-state index contributed by atoms with van der Waals surface area (Å²) in [5, 5.41) is 2.32. The summed E-state index contributed by atoms with van der Waals surface area (Å²) in [5.41, 5.74) is 5.71. The number of halogens is 2. The second-order valence-corrected chi connectivity index (χ2v) is 14.6. The maximum Gasteiger partial charge on any atom is 0.248 e. The third-order valence-corrected chi connectivity index (χ3v) is 11.1. The van der Waals surface area contributed by atoms with E-state index in [1.54, 1.807) is 37.0 Å². The highest BCUT2D eigenvalue weighted by Crippen LogP contribution is 2.47. The second-order valence-electron chi connectivity index (χ2n) is 14.6. The lowest BCUT2D eigenvalue weighted by Gasteiger charge is -2.47. The Bertz CT molecular complexity index is 2280. The van der Waals surface area contributed by atoms with Crippen molar-refractivity contribution >= 4 is 39.6 Å². The van der Waals surface area contributed by atoms with Gasteiger partial charge >= 0.3 is 0 Å². The number of hydrogen-bond acceptors (Lipinski definition) is 7. The largest absolute Gasteiger partial charge is 0.496 e. The lowest BCUT2D eigenvalue weighted by Crippen LogP contribution is -3.22. The van der Waals surface area contributed by atoms with Gasteiger partial charge in [0.25, 0.3) is 0 Å². The van der Waals surface area contributed by atoms with Crippen LogP contribution in [0.4, 0.5) is 20.2 Å². The zero-order chi connectivity index (χ0) is 37.0. The molecule has 8 rings (SSSR count). The summed E-state index contributed by atoms with van der Waals surface area (Å²) >= 11 is 0. The maximum absolute atomic E-state index is 15.4. The topological polar surface area (TPSA) is 104 Å². The number of nitrogens with zero attached hydrogens (tertiary/aromatic N) is 4. The fraction of sp³-hybridized carbons (Fsp3) is 0.375. The first-order chi connectivity index (χ1) is 25.6. The van der Waals surface area contributed by atoms with Crippen molar-refractivity contribution in [1.82, 2.24) is 14.0 Å². The smallest absolute Gasteiger partial charge is 0.248 e. The van der Waals surface area contributed by atoms with Crippen LogP contribution in [0.5, 0.6) is 5.75 Å². The lowest BCUT2D eigenvalue weighted by molar-refractivity contribution is -0.957. The molecule has 0 unspecified atom stereocenters. The molecule has 0 atom stereocenters. The van der Waals surface area contributed by atoms with Gasteiger partial charge in [-0.1, -0.05) is 6.07 Å². The van der Waals surface area contributed by atoms with E-state index in [0.29, 0.717) is 31.9 Å². The number of carbonyl (C=O) groups excluding carboxylic acids is 2. The van der Waals surface area contributed by atoms with Crippen LogP contribution in [-0.4, -0.2) is 86.3 Å². The molecule has 1 spiro atoms. The third kappa shape index (κ3) is 6.06. The van der Waals surface area contributed by atoms with Crippen molar-refractivity contribution < 1.29 is 37.5 Å². The number of fused-ring (bicyclic) bond motifs is 4. The number of methoxy groups -OCH3 is 2. The van der Waals surface area contributed by atoms with E-state index in [-0.39, 0.29) is 16.7 Å². The van der Waals surface area contributed by atoms with E-state index < -0.39 is 29.0 Å². The minimum atomic E-state index is -1.03. The molecule has 13 heteroatoms. The monoisotopic (exact) mass is 725 g/mol. The van der Waals surface area contributed by atoms with Gasteiger partial charge < -0.3 is 38.3 Å². The van der Waals surface area contributed by atoms with E-state index in [1.165, 1.54) is 11.0 Å². The van der Waals surface area contributed by atoms with Gasteiger partial charge in [0.1, 0.15) is 41.0 Å². The van der Waals surface area contributed by atoms with Gasteiger partial charge in [-0.3, -0.25) is 9.59 Å². The van der Waals surface area contributed by atoms with Crippen LogP contribution < -0.4 is 19.9 Å². The van der Waals surface area contributed by atoms with Gasteiger partial charge in [0, 0.05) is 63.8 Å². The Hall–Kier alpha value is -5.11. The third-order valence-electron chi connectivity index (χ3n) is 11.1. The number of anilines is 2. The Morgan fingerprint density at radius 2 is 1.92 bits per heavy atom. The minimum Gasteiger partial charge on any atom is -0.496 e. The number of pyridine rings is 1. The van der Waals surface area contributed by atoms with Gasteiger partial charge in [0.2, 0.25) is 11.7 Å².